The third-order valence-electron chi connectivity index (χ3n) is 5.65. The van der Waals surface area contributed by atoms with Crippen LogP contribution in [0.15, 0.2) is 48.0 Å². The van der Waals surface area contributed by atoms with E-state index in [1.54, 1.807) is 38.5 Å². The van der Waals surface area contributed by atoms with Gasteiger partial charge in [-0.05, 0) is 63.8 Å². The molecule has 1 aliphatic heterocycles. The lowest BCUT2D eigenvalue weighted by Gasteiger charge is -2.27. The largest absolute Gasteiger partial charge is 0.507 e. The molecule has 170 valence electrons. The first-order valence-corrected chi connectivity index (χ1v) is 10.5. The molecule has 0 bridgehead atoms. The molecule has 1 atom stereocenters. The zero-order valence-corrected chi connectivity index (χ0v) is 19.2. The van der Waals surface area contributed by atoms with Crippen LogP contribution in [-0.4, -0.2) is 68.0 Å². The third-order valence-corrected chi connectivity index (χ3v) is 5.65. The molecule has 2 aromatic carbocycles. The number of rotatable bonds is 8. The van der Waals surface area contributed by atoms with Crippen LogP contribution in [-0.2, 0) is 9.59 Å². The number of benzene rings is 2. The van der Waals surface area contributed by atoms with Crippen LogP contribution in [0.3, 0.4) is 0 Å². The summed E-state index contributed by atoms with van der Waals surface area (Å²) in [6.45, 7) is 3.00. The summed E-state index contributed by atoms with van der Waals surface area (Å²) in [5, 5.41) is 11.2. The first kappa shape index (κ1) is 23.3. The monoisotopic (exact) mass is 438 g/mol. The zero-order chi connectivity index (χ0) is 23.4. The summed E-state index contributed by atoms with van der Waals surface area (Å²) in [4.78, 5) is 29.7. The lowest BCUT2D eigenvalue weighted by molar-refractivity contribution is -0.140. The van der Waals surface area contributed by atoms with Crippen molar-refractivity contribution in [2.45, 2.75) is 19.4 Å². The number of methoxy groups -OCH3 is 2. The number of ether oxygens (including phenoxy) is 2. The van der Waals surface area contributed by atoms with Gasteiger partial charge in [0.1, 0.15) is 17.3 Å². The van der Waals surface area contributed by atoms with Crippen molar-refractivity contribution >= 4 is 17.4 Å². The minimum absolute atomic E-state index is 0.0638. The van der Waals surface area contributed by atoms with Crippen molar-refractivity contribution in [2.24, 2.45) is 0 Å². The Morgan fingerprint density at radius 3 is 2.38 bits per heavy atom. The Balaban J connectivity index is 2.15. The molecule has 0 unspecified atom stereocenters. The minimum Gasteiger partial charge on any atom is -0.507 e. The number of aliphatic hydroxyl groups excluding tert-OH is 1. The van der Waals surface area contributed by atoms with E-state index in [1.165, 1.54) is 4.90 Å². The molecule has 7 nitrogen and oxygen atoms in total. The van der Waals surface area contributed by atoms with Crippen molar-refractivity contribution in [1.29, 1.82) is 0 Å². The quantitative estimate of drug-likeness (QED) is 0.387. The molecule has 0 saturated carbocycles. The van der Waals surface area contributed by atoms with Gasteiger partial charge in [0.2, 0.25) is 0 Å². The second-order valence-electron chi connectivity index (χ2n) is 8.08. The standard InChI is InChI=1S/C25H30N2O5/c1-16-15-17(11-12-19(16)31-4)23(28)21-22(18-9-6-7-10-20(18)32-5)27(25(30)24(21)29)14-8-13-26(2)3/h6-7,9-12,15,22,28H,8,13-14H2,1-5H3/t22-/m1/s1. The Hall–Kier alpha value is -3.32. The van der Waals surface area contributed by atoms with E-state index in [-0.39, 0.29) is 11.3 Å². The fraction of sp³-hybridized carbons (Fsp3) is 0.360. The van der Waals surface area contributed by atoms with Crippen molar-refractivity contribution in [2.75, 3.05) is 41.4 Å². The SMILES string of the molecule is COc1ccc(C(O)=C2C(=O)C(=O)N(CCCN(C)C)[C@@H]2c2ccccc2OC)cc1C. The van der Waals surface area contributed by atoms with E-state index in [0.717, 1.165) is 12.1 Å². The molecule has 32 heavy (non-hydrogen) atoms. The van der Waals surface area contributed by atoms with E-state index in [2.05, 4.69) is 0 Å². The predicted octanol–water partition coefficient (Wildman–Crippen LogP) is 3.39. The second-order valence-corrected chi connectivity index (χ2v) is 8.08. The highest BCUT2D eigenvalue weighted by atomic mass is 16.5. The van der Waals surface area contributed by atoms with E-state index in [4.69, 9.17) is 9.47 Å². The van der Waals surface area contributed by atoms with Crippen LogP contribution in [0.4, 0.5) is 0 Å². The Bertz CT molecular complexity index is 1040. The van der Waals surface area contributed by atoms with Gasteiger partial charge < -0.3 is 24.4 Å². The van der Waals surface area contributed by atoms with Crippen molar-refractivity contribution in [3.63, 3.8) is 0 Å². The zero-order valence-electron chi connectivity index (χ0n) is 19.2. The summed E-state index contributed by atoms with van der Waals surface area (Å²) in [6, 6.07) is 11.7. The average molecular weight is 439 g/mol. The molecule has 0 spiro atoms. The highest BCUT2D eigenvalue weighted by molar-refractivity contribution is 6.46. The number of aliphatic hydroxyl groups is 1. The van der Waals surface area contributed by atoms with Crippen LogP contribution in [0, 0.1) is 6.92 Å². The maximum Gasteiger partial charge on any atom is 0.295 e. The summed E-state index contributed by atoms with van der Waals surface area (Å²) in [6.07, 6.45) is 0.688. The van der Waals surface area contributed by atoms with Crippen LogP contribution in [0.5, 0.6) is 11.5 Å². The number of Topliss-reactive ketones (excluding diaryl/α,β-unsaturated/α-hetero) is 1. The lowest BCUT2D eigenvalue weighted by Crippen LogP contribution is -2.32. The van der Waals surface area contributed by atoms with Crippen LogP contribution in [0.2, 0.25) is 0 Å². The van der Waals surface area contributed by atoms with Gasteiger partial charge in [-0.2, -0.15) is 0 Å². The van der Waals surface area contributed by atoms with Gasteiger partial charge in [-0.25, -0.2) is 0 Å². The van der Waals surface area contributed by atoms with E-state index in [1.807, 2.05) is 44.1 Å². The number of hydrogen-bond donors (Lipinski definition) is 1. The molecular formula is C25H30N2O5. The molecule has 1 amide bonds. The van der Waals surface area contributed by atoms with Crippen molar-refractivity contribution in [3.05, 3.63) is 64.7 Å². The van der Waals surface area contributed by atoms with Gasteiger partial charge in [0.15, 0.2) is 0 Å². The van der Waals surface area contributed by atoms with Crippen molar-refractivity contribution < 1.29 is 24.2 Å². The van der Waals surface area contributed by atoms with Gasteiger partial charge in [-0.15, -0.1) is 0 Å². The number of amides is 1. The van der Waals surface area contributed by atoms with Gasteiger partial charge in [0.25, 0.3) is 11.7 Å². The summed E-state index contributed by atoms with van der Waals surface area (Å²) in [5.41, 5.74) is 1.99. The smallest absolute Gasteiger partial charge is 0.295 e. The van der Waals surface area contributed by atoms with Crippen molar-refractivity contribution in [1.82, 2.24) is 9.80 Å². The molecule has 2 aromatic rings. The number of hydrogen-bond acceptors (Lipinski definition) is 6. The van der Waals surface area contributed by atoms with E-state index < -0.39 is 17.7 Å². The maximum absolute atomic E-state index is 13.1. The first-order chi connectivity index (χ1) is 15.3. The Kier molecular flexibility index (Phi) is 7.20. The Morgan fingerprint density at radius 1 is 1.06 bits per heavy atom. The van der Waals surface area contributed by atoms with E-state index in [0.29, 0.717) is 35.6 Å². The Labute approximate surface area is 188 Å². The van der Waals surface area contributed by atoms with Crippen molar-refractivity contribution in [3.8, 4) is 11.5 Å². The lowest BCUT2D eigenvalue weighted by atomic mass is 9.94. The molecule has 0 aromatic heterocycles. The minimum atomic E-state index is -0.740. The summed E-state index contributed by atoms with van der Waals surface area (Å²) in [7, 11) is 7.03. The molecule has 7 heteroatoms. The molecular weight excluding hydrogens is 408 g/mol. The number of carbonyl (C=O) groups excluding carboxylic acids is 2. The van der Waals surface area contributed by atoms with Crippen LogP contribution >= 0.6 is 0 Å². The highest BCUT2D eigenvalue weighted by Gasteiger charge is 2.46. The molecule has 0 radical (unpaired) electrons. The van der Waals surface area contributed by atoms with E-state index in [9.17, 15) is 14.7 Å². The van der Waals surface area contributed by atoms with Gasteiger partial charge >= 0.3 is 0 Å². The highest BCUT2D eigenvalue weighted by Crippen LogP contribution is 2.42. The molecule has 0 aliphatic carbocycles. The van der Waals surface area contributed by atoms with E-state index >= 15 is 0 Å². The fourth-order valence-corrected chi connectivity index (χ4v) is 4.06. The number of carbonyl (C=O) groups is 2. The number of ketones is 1. The number of para-hydroxylation sites is 1. The summed E-state index contributed by atoms with van der Waals surface area (Å²) in [5.74, 6) is -0.302. The topological polar surface area (TPSA) is 79.3 Å². The summed E-state index contributed by atoms with van der Waals surface area (Å²) < 4.78 is 10.8. The van der Waals surface area contributed by atoms with Gasteiger partial charge in [-0.3, -0.25) is 9.59 Å². The number of likely N-dealkylation sites (tertiary alicyclic amines) is 1. The number of aryl methyl sites for hydroxylation is 1. The van der Waals surface area contributed by atoms with Crippen LogP contribution in [0.25, 0.3) is 5.76 Å². The maximum atomic E-state index is 13.1. The van der Waals surface area contributed by atoms with Crippen LogP contribution < -0.4 is 9.47 Å². The fourth-order valence-electron chi connectivity index (χ4n) is 4.06. The molecule has 1 saturated heterocycles. The number of nitrogens with zero attached hydrogens (tertiary/aromatic N) is 2. The average Bonchev–Trinajstić information content (AvgIpc) is 3.03. The predicted molar refractivity (Wildman–Crippen MR) is 123 cm³/mol. The second kappa shape index (κ2) is 9.87. The molecule has 1 aliphatic rings. The summed E-state index contributed by atoms with van der Waals surface area (Å²) >= 11 is 0. The molecule has 3 rings (SSSR count). The first-order valence-electron chi connectivity index (χ1n) is 10.5. The third kappa shape index (κ3) is 4.48. The van der Waals surface area contributed by atoms with Gasteiger partial charge in [0.05, 0.1) is 25.8 Å². The molecule has 1 fully saturated rings. The van der Waals surface area contributed by atoms with Gasteiger partial charge in [-0.1, -0.05) is 18.2 Å². The normalized spacial score (nSPS) is 17.8. The Morgan fingerprint density at radius 2 is 1.75 bits per heavy atom. The van der Waals surface area contributed by atoms with Crippen LogP contribution in [0.1, 0.15) is 29.2 Å². The van der Waals surface area contributed by atoms with Gasteiger partial charge in [0, 0.05) is 17.7 Å². The molecule has 1 N–H and O–H groups in total. The molecule has 1 heterocycles.